The fourth-order valence-electron chi connectivity index (χ4n) is 2.74. The Labute approximate surface area is 178 Å². The summed E-state index contributed by atoms with van der Waals surface area (Å²) in [5.41, 5.74) is 8.85. The normalized spacial score (nSPS) is 11.9. The number of nitrogens with zero attached hydrogens (tertiary/aromatic N) is 2. The molecule has 0 saturated carbocycles. The number of alkyl halides is 1. The summed E-state index contributed by atoms with van der Waals surface area (Å²) in [5.74, 6) is -2.65. The Morgan fingerprint density at radius 2 is 1.93 bits per heavy atom. The molecule has 2 rings (SSSR count). The highest BCUT2D eigenvalue weighted by molar-refractivity contribution is 6.27. The number of halogens is 1. The number of hydrazine groups is 1. The van der Waals surface area contributed by atoms with Crippen molar-refractivity contribution in [2.45, 2.75) is 32.7 Å². The lowest BCUT2D eigenvalue weighted by molar-refractivity contribution is -0.141. The first kappa shape index (κ1) is 23.1. The van der Waals surface area contributed by atoms with Crippen LogP contribution in [0, 0.1) is 5.92 Å². The summed E-state index contributed by atoms with van der Waals surface area (Å²) in [6.45, 7) is 3.66. The maximum Gasteiger partial charge on any atom is 0.287 e. The van der Waals surface area contributed by atoms with Gasteiger partial charge < -0.3 is 16.0 Å². The van der Waals surface area contributed by atoms with Crippen LogP contribution >= 0.6 is 11.6 Å². The lowest BCUT2D eigenvalue weighted by Gasteiger charge is -2.26. The lowest BCUT2D eigenvalue weighted by Crippen LogP contribution is -2.55. The van der Waals surface area contributed by atoms with Crippen LogP contribution in [0.3, 0.4) is 0 Å². The first-order valence-corrected chi connectivity index (χ1v) is 9.95. The number of aromatic nitrogens is 2. The van der Waals surface area contributed by atoms with Crippen LogP contribution in [0.15, 0.2) is 24.3 Å². The van der Waals surface area contributed by atoms with Crippen LogP contribution < -0.4 is 16.5 Å². The maximum absolute atomic E-state index is 12.8. The van der Waals surface area contributed by atoms with Crippen molar-refractivity contribution in [1.82, 2.24) is 25.7 Å². The highest BCUT2D eigenvalue weighted by atomic mass is 35.5. The van der Waals surface area contributed by atoms with Gasteiger partial charge in [-0.2, -0.15) is 0 Å². The van der Waals surface area contributed by atoms with E-state index in [1.54, 1.807) is 18.2 Å². The molecule has 1 aromatic carbocycles. The van der Waals surface area contributed by atoms with Crippen molar-refractivity contribution in [3.63, 3.8) is 0 Å². The molecule has 5 N–H and O–H groups in total. The third-order valence-electron chi connectivity index (χ3n) is 4.18. The van der Waals surface area contributed by atoms with Crippen LogP contribution in [0.1, 0.15) is 37.3 Å². The van der Waals surface area contributed by atoms with Crippen LogP contribution in [-0.4, -0.2) is 57.1 Å². The van der Waals surface area contributed by atoms with Gasteiger partial charge in [-0.3, -0.25) is 29.6 Å². The Bertz CT molecular complexity index is 896. The van der Waals surface area contributed by atoms with Crippen LogP contribution in [0.5, 0.6) is 0 Å². The zero-order valence-corrected chi connectivity index (χ0v) is 17.5. The molecule has 0 aliphatic carbocycles. The van der Waals surface area contributed by atoms with Crippen molar-refractivity contribution in [3.05, 3.63) is 30.1 Å². The fourth-order valence-corrected chi connectivity index (χ4v) is 2.88. The topological polar surface area (TPSA) is 150 Å². The predicted molar refractivity (Wildman–Crippen MR) is 111 cm³/mol. The van der Waals surface area contributed by atoms with E-state index in [2.05, 4.69) is 20.7 Å². The van der Waals surface area contributed by atoms with E-state index in [1.807, 2.05) is 19.9 Å². The Kier molecular flexibility index (Phi) is 8.16. The van der Waals surface area contributed by atoms with E-state index in [4.69, 9.17) is 17.3 Å². The van der Waals surface area contributed by atoms with Gasteiger partial charge in [-0.1, -0.05) is 26.0 Å². The molecule has 0 unspecified atom stereocenters. The Hall–Kier alpha value is -3.14. The van der Waals surface area contributed by atoms with E-state index in [9.17, 15) is 19.2 Å². The summed E-state index contributed by atoms with van der Waals surface area (Å²) in [4.78, 5) is 55.6. The third kappa shape index (κ3) is 6.45. The first-order valence-electron chi connectivity index (χ1n) is 9.42. The number of aromatic amines is 1. The minimum absolute atomic E-state index is 0.0690. The molecule has 0 aliphatic heterocycles. The number of rotatable bonds is 9. The van der Waals surface area contributed by atoms with Gasteiger partial charge in [-0.15, -0.1) is 11.6 Å². The molecule has 1 heterocycles. The predicted octanol–water partition coefficient (Wildman–Crippen LogP) is 0.681. The first-order chi connectivity index (χ1) is 14.2. The zero-order chi connectivity index (χ0) is 22.3. The van der Waals surface area contributed by atoms with E-state index < -0.39 is 29.7 Å². The third-order valence-corrected chi connectivity index (χ3v) is 4.40. The molecule has 1 atom stereocenters. The molecular weight excluding hydrogens is 412 g/mol. The van der Waals surface area contributed by atoms with Gasteiger partial charge in [-0.05, 0) is 24.5 Å². The largest absolute Gasteiger partial charge is 0.370 e. The Morgan fingerprint density at radius 3 is 2.53 bits per heavy atom. The van der Waals surface area contributed by atoms with E-state index in [-0.39, 0.29) is 30.6 Å². The smallest absolute Gasteiger partial charge is 0.287 e. The van der Waals surface area contributed by atoms with Gasteiger partial charge in [0.15, 0.2) is 5.82 Å². The molecule has 4 amide bonds. The summed E-state index contributed by atoms with van der Waals surface area (Å²) in [6.07, 6.45) is 0.166. The number of para-hydroxylation sites is 2. The Morgan fingerprint density at radius 1 is 1.23 bits per heavy atom. The molecule has 0 aliphatic rings. The highest BCUT2D eigenvalue weighted by Gasteiger charge is 2.26. The van der Waals surface area contributed by atoms with Crippen molar-refractivity contribution in [2.24, 2.45) is 11.7 Å². The molecule has 30 heavy (non-hydrogen) atoms. The number of carbonyl (C=O) groups excluding carboxylic acids is 4. The fraction of sp³-hybridized carbons (Fsp3) is 0.421. The van der Waals surface area contributed by atoms with Crippen molar-refractivity contribution < 1.29 is 19.2 Å². The van der Waals surface area contributed by atoms with Crippen molar-refractivity contribution in [1.29, 1.82) is 0 Å². The number of nitrogens with two attached hydrogens (primary N) is 1. The number of primary amides is 1. The minimum Gasteiger partial charge on any atom is -0.370 e. The number of hydrogen-bond acceptors (Lipinski definition) is 5. The van der Waals surface area contributed by atoms with E-state index in [0.29, 0.717) is 17.5 Å². The maximum atomic E-state index is 12.8. The van der Waals surface area contributed by atoms with E-state index >= 15 is 0 Å². The molecule has 10 nitrogen and oxygen atoms in total. The molecule has 162 valence electrons. The number of nitrogens with one attached hydrogen (secondary N) is 3. The monoisotopic (exact) mass is 436 g/mol. The lowest BCUT2D eigenvalue weighted by atomic mass is 10.0. The second-order valence-electron chi connectivity index (χ2n) is 7.13. The van der Waals surface area contributed by atoms with Crippen LogP contribution in [-0.2, 0) is 14.4 Å². The summed E-state index contributed by atoms with van der Waals surface area (Å²) in [7, 11) is 0. The number of H-pyrrole nitrogens is 1. The second-order valence-corrected chi connectivity index (χ2v) is 7.40. The molecular formula is C19H25ClN6O4. The number of amides is 4. The number of carbonyl (C=O) groups is 4. The number of imidazole rings is 1. The van der Waals surface area contributed by atoms with Crippen molar-refractivity contribution in [3.8, 4) is 0 Å². The van der Waals surface area contributed by atoms with E-state index in [1.165, 1.54) is 0 Å². The summed E-state index contributed by atoms with van der Waals surface area (Å²) in [5, 5.41) is 3.58. The van der Waals surface area contributed by atoms with Crippen LogP contribution in [0.2, 0.25) is 0 Å². The number of fused-ring (bicyclic) bond motifs is 1. The van der Waals surface area contributed by atoms with Crippen LogP contribution in [0.4, 0.5) is 0 Å². The standard InChI is InChI=1S/C19H25ClN6O4/c1-11(2)9-14(18(29)25-26(16(28)10-20)8-7-15(21)27)24-19(30)17-22-12-5-3-4-6-13(12)23-17/h3-6,11,14H,7-10H2,1-2H3,(H2,21,27)(H,22,23)(H,24,30)(H,25,29)/t14-/m1/s1. The molecule has 2 aromatic rings. The molecule has 11 heteroatoms. The average Bonchev–Trinajstić information content (AvgIpc) is 3.13. The van der Waals surface area contributed by atoms with Gasteiger partial charge in [0.2, 0.25) is 5.91 Å². The van der Waals surface area contributed by atoms with Gasteiger partial charge in [0, 0.05) is 6.42 Å². The van der Waals surface area contributed by atoms with Gasteiger partial charge in [0.1, 0.15) is 11.9 Å². The van der Waals surface area contributed by atoms with Gasteiger partial charge >= 0.3 is 0 Å². The summed E-state index contributed by atoms with van der Waals surface area (Å²) in [6, 6.07) is 6.21. The number of benzene rings is 1. The molecule has 0 bridgehead atoms. The van der Waals surface area contributed by atoms with E-state index in [0.717, 1.165) is 5.01 Å². The van der Waals surface area contributed by atoms with Gasteiger partial charge in [0.05, 0.1) is 17.6 Å². The minimum atomic E-state index is -0.940. The summed E-state index contributed by atoms with van der Waals surface area (Å²) >= 11 is 5.57. The molecule has 0 spiro atoms. The molecule has 0 radical (unpaired) electrons. The van der Waals surface area contributed by atoms with Crippen molar-refractivity contribution in [2.75, 3.05) is 12.4 Å². The number of hydrogen-bond donors (Lipinski definition) is 4. The van der Waals surface area contributed by atoms with Crippen LogP contribution in [0.25, 0.3) is 11.0 Å². The van der Waals surface area contributed by atoms with Gasteiger partial charge in [0.25, 0.3) is 17.7 Å². The summed E-state index contributed by atoms with van der Waals surface area (Å²) < 4.78 is 0. The highest BCUT2D eigenvalue weighted by Crippen LogP contribution is 2.11. The SMILES string of the molecule is CC(C)C[C@@H](NC(=O)c1nc2ccccc2[nH]1)C(=O)NN(CCC(N)=O)C(=O)CCl. The molecule has 1 aromatic heterocycles. The second kappa shape index (κ2) is 10.6. The quantitative estimate of drug-likeness (QED) is 0.336. The Balaban J connectivity index is 2.13. The molecule has 0 saturated heterocycles. The van der Waals surface area contributed by atoms with Crippen molar-refractivity contribution >= 4 is 46.3 Å². The molecule has 0 fully saturated rings. The van der Waals surface area contributed by atoms with Gasteiger partial charge in [-0.25, -0.2) is 4.98 Å². The zero-order valence-electron chi connectivity index (χ0n) is 16.8. The average molecular weight is 437 g/mol.